The summed E-state index contributed by atoms with van der Waals surface area (Å²) in [6, 6.07) is 7.58. The van der Waals surface area contributed by atoms with Crippen molar-refractivity contribution in [2.75, 3.05) is 5.32 Å². The van der Waals surface area contributed by atoms with Gasteiger partial charge in [0.2, 0.25) is 0 Å². The number of rotatable bonds is 4. The molecule has 0 bridgehead atoms. The Balaban J connectivity index is 1.85. The Hall–Kier alpha value is -2.94. The molecule has 0 unspecified atom stereocenters. The number of alkyl halides is 3. The van der Waals surface area contributed by atoms with Crippen LogP contribution in [-0.4, -0.2) is 15.5 Å². The quantitative estimate of drug-likeness (QED) is 0.731. The van der Waals surface area contributed by atoms with E-state index in [1.165, 1.54) is 46.4 Å². The highest BCUT2D eigenvalue weighted by atomic mass is 32.1. The number of amides is 1. The summed E-state index contributed by atoms with van der Waals surface area (Å²) in [4.78, 5) is 29.0. The highest BCUT2D eigenvalue weighted by molar-refractivity contribution is 7.13. The van der Waals surface area contributed by atoms with Gasteiger partial charge >= 0.3 is 6.18 Å². The van der Waals surface area contributed by atoms with Gasteiger partial charge in [0.25, 0.3) is 11.5 Å². The number of thiazole rings is 1. The van der Waals surface area contributed by atoms with Crippen LogP contribution in [0.25, 0.3) is 0 Å². The summed E-state index contributed by atoms with van der Waals surface area (Å²) in [5, 5.41) is 4.67. The second kappa shape index (κ2) is 7.36. The van der Waals surface area contributed by atoms with Crippen LogP contribution in [0, 0.1) is 6.92 Å². The molecule has 5 nitrogen and oxygen atoms in total. The predicted molar refractivity (Wildman–Crippen MR) is 96.1 cm³/mol. The molecule has 140 valence electrons. The molecule has 0 radical (unpaired) electrons. The SMILES string of the molecule is Cc1csc(NC(=O)c2cccn(Cc3cccc(C(F)(F)F)c3)c2=O)n1. The molecule has 9 heteroatoms. The summed E-state index contributed by atoms with van der Waals surface area (Å²) < 4.78 is 39.7. The Morgan fingerprint density at radius 2 is 2.04 bits per heavy atom. The van der Waals surface area contributed by atoms with E-state index in [1.807, 2.05) is 0 Å². The maximum Gasteiger partial charge on any atom is 0.416 e. The minimum absolute atomic E-state index is 0.0831. The maximum absolute atomic E-state index is 12.8. The molecule has 27 heavy (non-hydrogen) atoms. The van der Waals surface area contributed by atoms with Crippen LogP contribution in [0.4, 0.5) is 18.3 Å². The average molecular weight is 393 g/mol. The fourth-order valence-corrected chi connectivity index (χ4v) is 3.14. The third kappa shape index (κ3) is 4.43. The minimum atomic E-state index is -4.46. The molecular weight excluding hydrogens is 379 g/mol. The van der Waals surface area contributed by atoms with Crippen molar-refractivity contribution in [3.63, 3.8) is 0 Å². The fraction of sp³-hybridized carbons (Fsp3) is 0.167. The Bertz CT molecular complexity index is 1040. The molecule has 0 aliphatic heterocycles. The lowest BCUT2D eigenvalue weighted by Crippen LogP contribution is -2.29. The lowest BCUT2D eigenvalue weighted by molar-refractivity contribution is -0.137. The molecule has 0 fully saturated rings. The zero-order valence-corrected chi connectivity index (χ0v) is 14.9. The Kier molecular flexibility index (Phi) is 5.13. The van der Waals surface area contributed by atoms with Gasteiger partial charge in [-0.2, -0.15) is 13.2 Å². The Morgan fingerprint density at radius 3 is 2.70 bits per heavy atom. The molecule has 3 rings (SSSR count). The van der Waals surface area contributed by atoms with E-state index in [1.54, 1.807) is 12.3 Å². The van der Waals surface area contributed by atoms with Crippen molar-refractivity contribution in [2.45, 2.75) is 19.6 Å². The molecule has 1 aromatic carbocycles. The standard InChI is InChI=1S/C18H14F3N3O2S/c1-11-10-27-17(22-11)23-15(25)14-6-3-7-24(16(14)26)9-12-4-2-5-13(8-12)18(19,20)21/h2-8,10H,9H2,1H3,(H,22,23,25). The number of nitrogens with zero attached hydrogens (tertiary/aromatic N) is 2. The van der Waals surface area contributed by atoms with Crippen LogP contribution in [-0.2, 0) is 12.7 Å². The molecule has 0 spiro atoms. The van der Waals surface area contributed by atoms with Gasteiger partial charge in [0, 0.05) is 11.6 Å². The number of hydrogen-bond acceptors (Lipinski definition) is 4. The number of aromatic nitrogens is 2. The number of nitrogens with one attached hydrogen (secondary N) is 1. The van der Waals surface area contributed by atoms with E-state index in [9.17, 15) is 22.8 Å². The predicted octanol–water partition coefficient (Wildman–Crippen LogP) is 3.93. The van der Waals surface area contributed by atoms with Crippen molar-refractivity contribution in [3.8, 4) is 0 Å². The summed E-state index contributed by atoms with van der Waals surface area (Å²) in [6.07, 6.45) is -3.04. The van der Waals surface area contributed by atoms with E-state index in [-0.39, 0.29) is 12.1 Å². The smallest absolute Gasteiger partial charge is 0.310 e. The summed E-state index contributed by atoms with van der Waals surface area (Å²) in [6.45, 7) is 1.69. The van der Waals surface area contributed by atoms with Crippen LogP contribution in [0.2, 0.25) is 0 Å². The second-order valence-corrected chi connectivity index (χ2v) is 6.66. The molecule has 0 atom stereocenters. The van der Waals surface area contributed by atoms with Crippen LogP contribution in [0.15, 0.2) is 52.8 Å². The van der Waals surface area contributed by atoms with Gasteiger partial charge in [-0.15, -0.1) is 11.3 Å². The van der Waals surface area contributed by atoms with Crippen molar-refractivity contribution in [1.29, 1.82) is 0 Å². The van der Waals surface area contributed by atoms with Gasteiger partial charge in [0.15, 0.2) is 5.13 Å². The Labute approximate surface area is 156 Å². The first kappa shape index (κ1) is 18.8. The number of benzene rings is 1. The number of carbonyl (C=O) groups is 1. The maximum atomic E-state index is 12.8. The number of carbonyl (C=O) groups excluding carboxylic acids is 1. The zero-order chi connectivity index (χ0) is 19.6. The van der Waals surface area contributed by atoms with Gasteiger partial charge in [-0.05, 0) is 36.8 Å². The third-order valence-electron chi connectivity index (χ3n) is 3.71. The number of aryl methyl sites for hydroxylation is 1. The zero-order valence-electron chi connectivity index (χ0n) is 14.1. The van der Waals surface area contributed by atoms with E-state index < -0.39 is 23.2 Å². The number of pyridine rings is 1. The molecule has 0 aliphatic carbocycles. The van der Waals surface area contributed by atoms with E-state index >= 15 is 0 Å². The van der Waals surface area contributed by atoms with Crippen molar-refractivity contribution < 1.29 is 18.0 Å². The van der Waals surface area contributed by atoms with Gasteiger partial charge in [-0.25, -0.2) is 4.98 Å². The van der Waals surface area contributed by atoms with E-state index in [2.05, 4.69) is 10.3 Å². The van der Waals surface area contributed by atoms with Crippen LogP contribution in [0.3, 0.4) is 0 Å². The largest absolute Gasteiger partial charge is 0.416 e. The van der Waals surface area contributed by atoms with E-state index in [4.69, 9.17) is 0 Å². The Morgan fingerprint density at radius 1 is 1.26 bits per heavy atom. The van der Waals surface area contributed by atoms with Gasteiger partial charge in [0.05, 0.1) is 17.8 Å². The van der Waals surface area contributed by atoms with Crippen molar-refractivity contribution >= 4 is 22.4 Å². The summed E-state index contributed by atoms with van der Waals surface area (Å²) in [7, 11) is 0. The average Bonchev–Trinajstić information content (AvgIpc) is 3.01. The topological polar surface area (TPSA) is 64.0 Å². The molecule has 0 aliphatic rings. The summed E-state index contributed by atoms with van der Waals surface area (Å²) in [5.41, 5.74) is -0.454. The molecule has 3 aromatic rings. The van der Waals surface area contributed by atoms with E-state index in [0.29, 0.717) is 10.7 Å². The van der Waals surface area contributed by atoms with Crippen molar-refractivity contribution in [3.05, 3.63) is 80.7 Å². The normalized spacial score (nSPS) is 11.4. The molecular formula is C18H14F3N3O2S. The van der Waals surface area contributed by atoms with Gasteiger partial charge < -0.3 is 4.57 Å². The molecule has 2 aromatic heterocycles. The number of hydrogen-bond donors (Lipinski definition) is 1. The minimum Gasteiger partial charge on any atom is -0.310 e. The molecule has 0 saturated carbocycles. The molecule has 1 N–H and O–H groups in total. The van der Waals surface area contributed by atoms with Gasteiger partial charge in [0.1, 0.15) is 5.56 Å². The van der Waals surface area contributed by atoms with Crippen LogP contribution >= 0.6 is 11.3 Å². The monoisotopic (exact) mass is 393 g/mol. The number of halogens is 3. The van der Waals surface area contributed by atoms with Crippen LogP contribution in [0.1, 0.15) is 27.2 Å². The van der Waals surface area contributed by atoms with Crippen LogP contribution < -0.4 is 10.9 Å². The van der Waals surface area contributed by atoms with Crippen molar-refractivity contribution in [1.82, 2.24) is 9.55 Å². The first-order valence-electron chi connectivity index (χ1n) is 7.83. The fourth-order valence-electron chi connectivity index (χ4n) is 2.45. The molecule has 0 saturated heterocycles. The number of anilines is 1. The second-order valence-electron chi connectivity index (χ2n) is 5.80. The lowest BCUT2D eigenvalue weighted by atomic mass is 10.1. The van der Waals surface area contributed by atoms with Crippen LogP contribution in [0.5, 0.6) is 0 Å². The summed E-state index contributed by atoms with van der Waals surface area (Å²) >= 11 is 1.23. The third-order valence-corrected chi connectivity index (χ3v) is 4.59. The highest BCUT2D eigenvalue weighted by Crippen LogP contribution is 2.29. The van der Waals surface area contributed by atoms with Gasteiger partial charge in [-0.1, -0.05) is 12.1 Å². The molecule has 2 heterocycles. The first-order chi connectivity index (χ1) is 12.7. The van der Waals surface area contributed by atoms with Gasteiger partial charge in [-0.3, -0.25) is 14.9 Å². The lowest BCUT2D eigenvalue weighted by Gasteiger charge is -2.11. The van der Waals surface area contributed by atoms with E-state index in [0.717, 1.165) is 17.8 Å². The first-order valence-corrected chi connectivity index (χ1v) is 8.71. The molecule has 1 amide bonds. The van der Waals surface area contributed by atoms with Crippen molar-refractivity contribution in [2.24, 2.45) is 0 Å². The highest BCUT2D eigenvalue weighted by Gasteiger charge is 2.30. The summed E-state index contributed by atoms with van der Waals surface area (Å²) in [5.74, 6) is -0.618.